The van der Waals surface area contributed by atoms with Crippen LogP contribution >= 0.6 is 0 Å². The Hall–Kier alpha value is -1.53. The second-order valence-corrected chi connectivity index (χ2v) is 3.19. The second-order valence-electron chi connectivity index (χ2n) is 3.19. The van der Waals surface area contributed by atoms with E-state index in [1.165, 1.54) is 6.07 Å². The first-order valence-corrected chi connectivity index (χ1v) is 4.55. The molecule has 1 aromatic rings. The maximum Gasteiger partial charge on any atom is 0.323 e. The molecule has 6 heteroatoms. The van der Waals surface area contributed by atoms with Crippen LogP contribution in [-0.2, 0) is 11.3 Å². The van der Waals surface area contributed by atoms with Crippen LogP contribution in [0, 0.1) is 11.6 Å². The number of hydrogen-bond donors (Lipinski definition) is 3. The van der Waals surface area contributed by atoms with Gasteiger partial charge in [0, 0.05) is 18.2 Å². The normalized spacial score (nSPS) is 12.4. The number of carboxylic acid groups (broad SMARTS) is 1. The standard InChI is InChI=1S/C10H11F2NO3/c11-7-2-1-6(8(12)3-7)4-13-9(5-14)10(15)16/h1-3,9,13-14H,4-5H2,(H,15,16). The van der Waals surface area contributed by atoms with Crippen LogP contribution in [0.15, 0.2) is 18.2 Å². The summed E-state index contributed by atoms with van der Waals surface area (Å²) in [5.74, 6) is -2.68. The number of rotatable bonds is 5. The lowest BCUT2D eigenvalue weighted by Gasteiger charge is -2.11. The van der Waals surface area contributed by atoms with Crippen LogP contribution < -0.4 is 5.32 Å². The number of aliphatic hydroxyl groups excluding tert-OH is 1. The van der Waals surface area contributed by atoms with Gasteiger partial charge in [0.1, 0.15) is 17.7 Å². The molecule has 0 heterocycles. The lowest BCUT2D eigenvalue weighted by Crippen LogP contribution is -2.39. The minimum Gasteiger partial charge on any atom is -0.480 e. The molecule has 88 valence electrons. The molecule has 0 saturated carbocycles. The van der Waals surface area contributed by atoms with Crippen molar-refractivity contribution in [2.24, 2.45) is 0 Å². The summed E-state index contributed by atoms with van der Waals surface area (Å²) >= 11 is 0. The highest BCUT2D eigenvalue weighted by atomic mass is 19.1. The molecule has 0 saturated heterocycles. The molecule has 0 radical (unpaired) electrons. The first kappa shape index (κ1) is 12.5. The molecular formula is C10H11F2NO3. The SMILES string of the molecule is O=C(O)C(CO)NCc1ccc(F)cc1F. The highest BCUT2D eigenvalue weighted by Gasteiger charge is 2.15. The number of hydrogen-bond acceptors (Lipinski definition) is 3. The molecule has 0 bridgehead atoms. The van der Waals surface area contributed by atoms with E-state index in [4.69, 9.17) is 10.2 Å². The number of aliphatic carboxylic acids is 1. The summed E-state index contributed by atoms with van der Waals surface area (Å²) in [4.78, 5) is 10.5. The molecule has 3 N–H and O–H groups in total. The first-order chi connectivity index (χ1) is 7.54. The van der Waals surface area contributed by atoms with Crippen LogP contribution in [0.25, 0.3) is 0 Å². The minimum absolute atomic E-state index is 0.0936. The Morgan fingerprint density at radius 1 is 1.44 bits per heavy atom. The van der Waals surface area contributed by atoms with Gasteiger partial charge in [-0.15, -0.1) is 0 Å². The molecule has 1 atom stereocenters. The topological polar surface area (TPSA) is 69.6 Å². The van der Waals surface area contributed by atoms with Gasteiger partial charge in [-0.1, -0.05) is 6.07 Å². The Kier molecular flexibility index (Phi) is 4.33. The van der Waals surface area contributed by atoms with Crippen molar-refractivity contribution in [3.63, 3.8) is 0 Å². The van der Waals surface area contributed by atoms with Crippen molar-refractivity contribution >= 4 is 5.97 Å². The smallest absolute Gasteiger partial charge is 0.323 e. The van der Waals surface area contributed by atoms with E-state index in [0.717, 1.165) is 6.07 Å². The monoisotopic (exact) mass is 231 g/mol. The van der Waals surface area contributed by atoms with Gasteiger partial charge in [0.15, 0.2) is 0 Å². The van der Waals surface area contributed by atoms with Gasteiger partial charge in [-0.25, -0.2) is 8.78 Å². The van der Waals surface area contributed by atoms with Gasteiger partial charge in [0.05, 0.1) is 6.61 Å². The van der Waals surface area contributed by atoms with E-state index in [2.05, 4.69) is 5.32 Å². The molecule has 1 rings (SSSR count). The molecule has 0 fully saturated rings. The van der Waals surface area contributed by atoms with Crippen LogP contribution in [0.3, 0.4) is 0 Å². The molecule has 0 aliphatic rings. The maximum atomic E-state index is 13.1. The predicted octanol–water partition coefficient (Wildman–Crippen LogP) is 0.500. The zero-order valence-electron chi connectivity index (χ0n) is 8.28. The highest BCUT2D eigenvalue weighted by molar-refractivity contribution is 5.73. The fourth-order valence-corrected chi connectivity index (χ4v) is 1.13. The van der Waals surface area contributed by atoms with Crippen LogP contribution in [0.2, 0.25) is 0 Å². The summed E-state index contributed by atoms with van der Waals surface area (Å²) in [6.07, 6.45) is 0. The van der Waals surface area contributed by atoms with Crippen molar-refractivity contribution in [1.82, 2.24) is 5.32 Å². The van der Waals surface area contributed by atoms with Crippen molar-refractivity contribution in [3.05, 3.63) is 35.4 Å². The zero-order chi connectivity index (χ0) is 12.1. The van der Waals surface area contributed by atoms with E-state index >= 15 is 0 Å². The number of benzene rings is 1. The number of carboxylic acids is 1. The quantitative estimate of drug-likeness (QED) is 0.690. The molecule has 1 aromatic carbocycles. The second kappa shape index (κ2) is 5.53. The van der Waals surface area contributed by atoms with E-state index in [1.807, 2.05) is 0 Å². The van der Waals surface area contributed by atoms with E-state index in [-0.39, 0.29) is 12.1 Å². The summed E-state index contributed by atoms with van der Waals surface area (Å²) in [7, 11) is 0. The molecule has 0 spiro atoms. The van der Waals surface area contributed by atoms with Crippen molar-refractivity contribution in [3.8, 4) is 0 Å². The fraction of sp³-hybridized carbons (Fsp3) is 0.300. The third kappa shape index (κ3) is 3.25. The lowest BCUT2D eigenvalue weighted by molar-refractivity contribution is -0.140. The van der Waals surface area contributed by atoms with Gasteiger partial charge in [-0.3, -0.25) is 10.1 Å². The lowest BCUT2D eigenvalue weighted by atomic mass is 10.2. The van der Waals surface area contributed by atoms with Crippen LogP contribution in [0.1, 0.15) is 5.56 Å². The maximum absolute atomic E-state index is 13.1. The molecular weight excluding hydrogens is 220 g/mol. The van der Waals surface area contributed by atoms with Crippen molar-refractivity contribution < 1.29 is 23.8 Å². The third-order valence-corrected chi connectivity index (χ3v) is 2.03. The first-order valence-electron chi connectivity index (χ1n) is 4.55. The molecule has 1 unspecified atom stereocenters. The predicted molar refractivity (Wildman–Crippen MR) is 51.7 cm³/mol. The zero-order valence-corrected chi connectivity index (χ0v) is 8.28. The van der Waals surface area contributed by atoms with Crippen molar-refractivity contribution in [2.75, 3.05) is 6.61 Å². The molecule has 4 nitrogen and oxygen atoms in total. The average Bonchev–Trinajstić information content (AvgIpc) is 2.21. The van der Waals surface area contributed by atoms with Gasteiger partial charge in [-0.05, 0) is 6.07 Å². The van der Waals surface area contributed by atoms with Gasteiger partial charge >= 0.3 is 5.97 Å². The van der Waals surface area contributed by atoms with Crippen LogP contribution in [0.5, 0.6) is 0 Å². The summed E-state index contributed by atoms with van der Waals surface area (Å²) < 4.78 is 25.7. The summed E-state index contributed by atoms with van der Waals surface area (Å²) in [5, 5.41) is 19.7. The Labute approximate surface area is 90.5 Å². The summed E-state index contributed by atoms with van der Waals surface area (Å²) in [5.41, 5.74) is 0.140. The van der Waals surface area contributed by atoms with Gasteiger partial charge in [0.25, 0.3) is 0 Å². The van der Waals surface area contributed by atoms with Gasteiger partial charge in [0.2, 0.25) is 0 Å². The number of carbonyl (C=O) groups is 1. The summed E-state index contributed by atoms with van der Waals surface area (Å²) in [6, 6.07) is 1.85. The Bertz CT molecular complexity index is 384. The van der Waals surface area contributed by atoms with Crippen LogP contribution in [-0.4, -0.2) is 28.8 Å². The van der Waals surface area contributed by atoms with Crippen LogP contribution in [0.4, 0.5) is 8.78 Å². The highest BCUT2D eigenvalue weighted by Crippen LogP contribution is 2.09. The number of aliphatic hydroxyl groups is 1. The average molecular weight is 231 g/mol. The molecule has 16 heavy (non-hydrogen) atoms. The minimum atomic E-state index is -1.23. The van der Waals surface area contributed by atoms with Crippen molar-refractivity contribution in [1.29, 1.82) is 0 Å². The third-order valence-electron chi connectivity index (χ3n) is 2.03. The number of halogens is 2. The molecule has 0 amide bonds. The van der Waals surface area contributed by atoms with Crippen molar-refractivity contribution in [2.45, 2.75) is 12.6 Å². The Morgan fingerprint density at radius 2 is 2.12 bits per heavy atom. The summed E-state index contributed by atoms with van der Waals surface area (Å²) in [6.45, 7) is -0.693. The van der Waals surface area contributed by atoms with Gasteiger partial charge in [-0.2, -0.15) is 0 Å². The number of nitrogens with one attached hydrogen (secondary N) is 1. The Balaban J connectivity index is 2.63. The van der Waals surface area contributed by atoms with Gasteiger partial charge < -0.3 is 10.2 Å². The van der Waals surface area contributed by atoms with E-state index < -0.39 is 30.3 Å². The largest absolute Gasteiger partial charge is 0.480 e. The van der Waals surface area contributed by atoms with E-state index in [9.17, 15) is 13.6 Å². The molecule has 0 aliphatic carbocycles. The fourth-order valence-electron chi connectivity index (χ4n) is 1.13. The van der Waals surface area contributed by atoms with E-state index in [0.29, 0.717) is 6.07 Å². The molecule has 0 aliphatic heterocycles. The molecule has 0 aromatic heterocycles. The van der Waals surface area contributed by atoms with E-state index in [1.54, 1.807) is 0 Å². The Morgan fingerprint density at radius 3 is 2.62 bits per heavy atom.